The largest absolute Gasteiger partial charge is 0.335 e. The van der Waals surface area contributed by atoms with Gasteiger partial charge in [-0.2, -0.15) is 0 Å². The molecule has 5 heteroatoms. The number of alkyl halides is 1. The normalized spacial score (nSPS) is 15.3. The van der Waals surface area contributed by atoms with E-state index in [1.54, 1.807) is 17.0 Å². The summed E-state index contributed by atoms with van der Waals surface area (Å²) in [6, 6.07) is 4.88. The Balaban J connectivity index is 2.27. The first-order chi connectivity index (χ1) is 8.65. The number of benzene rings is 1. The molecular weight excluding hydrogens is 365 g/mol. The van der Waals surface area contributed by atoms with E-state index in [1.807, 2.05) is 0 Å². The molecule has 0 unspecified atom stereocenters. The van der Waals surface area contributed by atoms with Gasteiger partial charge in [-0.05, 0) is 47.3 Å². The zero-order valence-corrected chi connectivity index (χ0v) is 13.0. The summed E-state index contributed by atoms with van der Waals surface area (Å²) in [5, 5.41) is 0.710. The van der Waals surface area contributed by atoms with Crippen molar-refractivity contribution in [1.82, 2.24) is 4.90 Å². The summed E-state index contributed by atoms with van der Waals surface area (Å²) in [6.07, 6.45) is 3.19. The first kappa shape index (κ1) is 14.0. The average Bonchev–Trinajstić information content (AvgIpc) is 2.25. The Labute approximate surface area is 123 Å². The lowest BCUT2D eigenvalue weighted by Crippen LogP contribution is -2.45. The third kappa shape index (κ3) is 2.77. The number of carbonyl (C=O) groups is 1. The lowest BCUT2D eigenvalue weighted by atomic mass is 9.91. The first-order valence-corrected chi connectivity index (χ1v) is 7.87. The Morgan fingerprint density at radius 1 is 1.44 bits per heavy atom. The standard InChI is InChI=1S/C13H14Br2FNO/c14-7-8-17(9-3-1-4-9)13(18)12-10(15)5-2-6-11(12)16/h2,5-6,9H,1,3-4,7-8H2. The van der Waals surface area contributed by atoms with Crippen molar-refractivity contribution in [3.63, 3.8) is 0 Å². The molecule has 18 heavy (non-hydrogen) atoms. The van der Waals surface area contributed by atoms with Crippen molar-refractivity contribution in [3.05, 3.63) is 34.1 Å². The van der Waals surface area contributed by atoms with Crippen molar-refractivity contribution < 1.29 is 9.18 Å². The van der Waals surface area contributed by atoms with Gasteiger partial charge in [0.1, 0.15) is 5.82 Å². The van der Waals surface area contributed by atoms with Crippen LogP contribution >= 0.6 is 31.9 Å². The maximum absolute atomic E-state index is 13.8. The van der Waals surface area contributed by atoms with Gasteiger partial charge in [0.2, 0.25) is 0 Å². The van der Waals surface area contributed by atoms with Gasteiger partial charge < -0.3 is 4.90 Å². The third-order valence-electron chi connectivity index (χ3n) is 3.28. The molecule has 1 aliphatic rings. The quantitative estimate of drug-likeness (QED) is 0.725. The van der Waals surface area contributed by atoms with Crippen LogP contribution in [0.1, 0.15) is 29.6 Å². The summed E-state index contributed by atoms with van der Waals surface area (Å²) < 4.78 is 14.3. The van der Waals surface area contributed by atoms with E-state index in [-0.39, 0.29) is 17.5 Å². The molecule has 2 rings (SSSR count). The van der Waals surface area contributed by atoms with Gasteiger partial charge in [-0.25, -0.2) is 4.39 Å². The molecule has 1 aromatic rings. The minimum absolute atomic E-state index is 0.144. The van der Waals surface area contributed by atoms with Gasteiger partial charge in [0.05, 0.1) is 5.56 Å². The van der Waals surface area contributed by atoms with Crippen molar-refractivity contribution in [3.8, 4) is 0 Å². The lowest BCUT2D eigenvalue weighted by molar-refractivity contribution is 0.0594. The van der Waals surface area contributed by atoms with E-state index in [0.717, 1.165) is 19.3 Å². The van der Waals surface area contributed by atoms with Gasteiger partial charge in [0, 0.05) is 22.4 Å². The fraction of sp³-hybridized carbons (Fsp3) is 0.462. The van der Waals surface area contributed by atoms with Crippen LogP contribution in [0.5, 0.6) is 0 Å². The van der Waals surface area contributed by atoms with Crippen LogP contribution < -0.4 is 0 Å². The van der Waals surface area contributed by atoms with E-state index < -0.39 is 5.82 Å². The summed E-state index contributed by atoms with van der Waals surface area (Å²) in [6.45, 7) is 0.615. The van der Waals surface area contributed by atoms with E-state index >= 15 is 0 Å². The molecule has 0 heterocycles. The molecule has 0 bridgehead atoms. The number of hydrogen-bond donors (Lipinski definition) is 0. The molecular formula is C13H14Br2FNO. The summed E-state index contributed by atoms with van der Waals surface area (Å²) in [7, 11) is 0. The summed E-state index contributed by atoms with van der Waals surface area (Å²) in [5.74, 6) is -0.683. The molecule has 0 radical (unpaired) electrons. The van der Waals surface area contributed by atoms with Crippen LogP contribution in [0.15, 0.2) is 22.7 Å². The van der Waals surface area contributed by atoms with Crippen molar-refractivity contribution in [2.24, 2.45) is 0 Å². The number of carbonyl (C=O) groups excluding carboxylic acids is 1. The predicted octanol–water partition coefficient (Wildman–Crippen LogP) is 3.98. The molecule has 1 saturated carbocycles. The third-order valence-corrected chi connectivity index (χ3v) is 4.29. The van der Waals surface area contributed by atoms with Crippen LogP contribution in [-0.4, -0.2) is 28.7 Å². The second kappa shape index (κ2) is 6.15. The van der Waals surface area contributed by atoms with Gasteiger partial charge in [-0.15, -0.1) is 0 Å². The van der Waals surface area contributed by atoms with Crippen molar-refractivity contribution >= 4 is 37.8 Å². The van der Waals surface area contributed by atoms with E-state index in [0.29, 0.717) is 16.3 Å². The first-order valence-electron chi connectivity index (χ1n) is 5.96. The maximum atomic E-state index is 13.8. The van der Waals surface area contributed by atoms with E-state index in [1.165, 1.54) is 6.07 Å². The fourth-order valence-corrected chi connectivity index (χ4v) is 2.98. The lowest BCUT2D eigenvalue weighted by Gasteiger charge is -2.37. The van der Waals surface area contributed by atoms with Gasteiger partial charge in [0.25, 0.3) is 5.91 Å². The molecule has 1 fully saturated rings. The van der Waals surface area contributed by atoms with Crippen molar-refractivity contribution in [2.45, 2.75) is 25.3 Å². The monoisotopic (exact) mass is 377 g/mol. The molecule has 1 aliphatic carbocycles. The molecule has 2 nitrogen and oxygen atoms in total. The Hall–Kier alpha value is -0.420. The van der Waals surface area contributed by atoms with Crippen molar-refractivity contribution in [2.75, 3.05) is 11.9 Å². The van der Waals surface area contributed by atoms with Gasteiger partial charge >= 0.3 is 0 Å². The van der Waals surface area contributed by atoms with E-state index in [4.69, 9.17) is 0 Å². The highest BCUT2D eigenvalue weighted by molar-refractivity contribution is 9.10. The molecule has 0 saturated heterocycles. The minimum Gasteiger partial charge on any atom is -0.335 e. The zero-order chi connectivity index (χ0) is 13.1. The molecule has 1 amide bonds. The van der Waals surface area contributed by atoms with Crippen LogP contribution in [-0.2, 0) is 0 Å². The SMILES string of the molecule is O=C(c1c(F)cccc1Br)N(CCBr)C1CCC1. The maximum Gasteiger partial charge on any atom is 0.258 e. The predicted molar refractivity (Wildman–Crippen MR) is 76.6 cm³/mol. The average molecular weight is 379 g/mol. The smallest absolute Gasteiger partial charge is 0.258 e. The molecule has 1 aromatic carbocycles. The highest BCUT2D eigenvalue weighted by atomic mass is 79.9. The van der Waals surface area contributed by atoms with Gasteiger partial charge in [-0.1, -0.05) is 22.0 Å². The Morgan fingerprint density at radius 2 is 2.17 bits per heavy atom. The van der Waals surface area contributed by atoms with Crippen molar-refractivity contribution in [1.29, 1.82) is 0 Å². The highest BCUT2D eigenvalue weighted by Gasteiger charge is 2.31. The van der Waals surface area contributed by atoms with Crippen LogP contribution in [0.4, 0.5) is 4.39 Å². The van der Waals surface area contributed by atoms with Gasteiger partial charge in [0.15, 0.2) is 0 Å². The molecule has 0 aliphatic heterocycles. The summed E-state index contributed by atoms with van der Waals surface area (Å²) >= 11 is 6.61. The highest BCUT2D eigenvalue weighted by Crippen LogP contribution is 2.29. The molecule has 98 valence electrons. The van der Waals surface area contributed by atoms with E-state index in [9.17, 15) is 9.18 Å². The Morgan fingerprint density at radius 3 is 2.67 bits per heavy atom. The van der Waals surface area contributed by atoms with E-state index in [2.05, 4.69) is 31.9 Å². The number of hydrogen-bond acceptors (Lipinski definition) is 1. The van der Waals surface area contributed by atoms with Crippen LogP contribution in [0.25, 0.3) is 0 Å². The number of amides is 1. The topological polar surface area (TPSA) is 20.3 Å². The van der Waals surface area contributed by atoms with Gasteiger partial charge in [-0.3, -0.25) is 4.79 Å². The molecule has 0 atom stereocenters. The zero-order valence-electron chi connectivity index (χ0n) is 9.83. The number of halogens is 3. The molecule has 0 aromatic heterocycles. The van der Waals surface area contributed by atoms with Crippen LogP contribution in [0, 0.1) is 5.82 Å². The molecule has 0 spiro atoms. The Kier molecular flexibility index (Phi) is 4.78. The number of rotatable bonds is 4. The fourth-order valence-electron chi connectivity index (χ4n) is 2.09. The summed E-state index contributed by atoms with van der Waals surface area (Å²) in [5.41, 5.74) is 0.144. The van der Waals surface area contributed by atoms with Crippen LogP contribution in [0.3, 0.4) is 0 Å². The second-order valence-electron chi connectivity index (χ2n) is 4.37. The Bertz CT molecular complexity index is 428. The number of nitrogens with zero attached hydrogens (tertiary/aromatic N) is 1. The molecule has 0 N–H and O–H groups in total. The summed E-state index contributed by atoms with van der Waals surface area (Å²) in [4.78, 5) is 14.2. The van der Waals surface area contributed by atoms with Crippen LogP contribution in [0.2, 0.25) is 0 Å². The second-order valence-corrected chi connectivity index (χ2v) is 6.02. The minimum atomic E-state index is -0.465.